The van der Waals surface area contributed by atoms with E-state index in [1.165, 1.54) is 16.7 Å². The van der Waals surface area contributed by atoms with Gasteiger partial charge in [0.1, 0.15) is 5.54 Å². The van der Waals surface area contributed by atoms with Crippen LogP contribution in [0, 0.1) is 5.41 Å². The van der Waals surface area contributed by atoms with Gasteiger partial charge in [0.2, 0.25) is 0 Å². The number of nitrogens with zero attached hydrogens (tertiary/aromatic N) is 1. The molecular weight excluding hydrogens is 254 g/mol. The van der Waals surface area contributed by atoms with E-state index in [0.717, 1.165) is 6.42 Å². The summed E-state index contributed by atoms with van der Waals surface area (Å²) in [7, 11) is 0. The van der Waals surface area contributed by atoms with Gasteiger partial charge in [0.15, 0.2) is 0 Å². The minimum atomic E-state index is -0.107. The van der Waals surface area contributed by atoms with Gasteiger partial charge in [-0.25, -0.2) is 0 Å². The molecule has 2 aromatic rings. The fourth-order valence-electron chi connectivity index (χ4n) is 5.16. The van der Waals surface area contributed by atoms with Gasteiger partial charge < -0.3 is 0 Å². The number of rotatable bonds is 2. The van der Waals surface area contributed by atoms with Crippen LogP contribution in [0.15, 0.2) is 59.6 Å². The third-order valence-electron chi connectivity index (χ3n) is 6.07. The molecule has 2 aliphatic rings. The zero-order valence-corrected chi connectivity index (χ0v) is 12.9. The van der Waals surface area contributed by atoms with E-state index in [4.69, 9.17) is 4.99 Å². The summed E-state index contributed by atoms with van der Waals surface area (Å²) in [5.74, 6) is 0. The highest BCUT2D eigenvalue weighted by Crippen LogP contribution is 2.81. The Hall–Kier alpha value is -1.89. The molecule has 4 rings (SSSR count). The number of hydrogen-bond donors (Lipinski definition) is 0. The maximum atomic E-state index is 5.12. The van der Waals surface area contributed by atoms with Crippen LogP contribution in [0.2, 0.25) is 0 Å². The minimum Gasteiger partial charge on any atom is -0.280 e. The van der Waals surface area contributed by atoms with Gasteiger partial charge in [0.05, 0.1) is 0 Å². The lowest BCUT2D eigenvalue weighted by molar-refractivity contribution is 0.481. The van der Waals surface area contributed by atoms with Crippen molar-refractivity contribution in [2.75, 3.05) is 0 Å². The van der Waals surface area contributed by atoms with Crippen molar-refractivity contribution in [2.24, 2.45) is 10.4 Å². The van der Waals surface area contributed by atoms with E-state index in [1.807, 2.05) is 0 Å². The molecule has 0 unspecified atom stereocenters. The highest BCUT2D eigenvalue weighted by Gasteiger charge is 2.83. The van der Waals surface area contributed by atoms with Crippen molar-refractivity contribution in [3.63, 3.8) is 0 Å². The molecule has 0 spiro atoms. The van der Waals surface area contributed by atoms with Crippen LogP contribution in [0.4, 0.5) is 0 Å². The lowest BCUT2D eigenvalue weighted by Gasteiger charge is -2.27. The Morgan fingerprint density at radius 1 is 0.905 bits per heavy atom. The Labute approximate surface area is 126 Å². The van der Waals surface area contributed by atoms with Crippen LogP contribution in [-0.4, -0.2) is 6.21 Å². The lowest BCUT2D eigenvalue weighted by Crippen LogP contribution is -2.25. The molecule has 2 aromatic carbocycles. The summed E-state index contributed by atoms with van der Waals surface area (Å²) < 4.78 is 0. The van der Waals surface area contributed by atoms with E-state index in [0.29, 0.717) is 0 Å². The Morgan fingerprint density at radius 2 is 1.57 bits per heavy atom. The van der Waals surface area contributed by atoms with Crippen LogP contribution >= 0.6 is 0 Å². The van der Waals surface area contributed by atoms with Crippen LogP contribution in [0.25, 0.3) is 0 Å². The summed E-state index contributed by atoms with van der Waals surface area (Å²) in [5, 5.41) is 0. The predicted molar refractivity (Wildman–Crippen MR) is 87.9 cm³/mol. The van der Waals surface area contributed by atoms with Gasteiger partial charge in [-0.2, -0.15) is 0 Å². The minimum absolute atomic E-state index is 0.107. The molecule has 1 fully saturated rings. The number of aliphatic imine (C=N–C) groups is 1. The van der Waals surface area contributed by atoms with Crippen LogP contribution in [0.3, 0.4) is 0 Å². The zero-order chi connectivity index (χ0) is 14.7. The Kier molecular flexibility index (Phi) is 2.35. The molecule has 1 saturated carbocycles. The SMILES string of the molecule is CC[C@@]12c3ccccc3C=N[C@]1(c1ccccc1)C2(C)C. The molecule has 0 radical (unpaired) electrons. The molecule has 0 aromatic heterocycles. The molecule has 0 saturated heterocycles. The van der Waals surface area contributed by atoms with Crippen molar-refractivity contribution < 1.29 is 0 Å². The summed E-state index contributed by atoms with van der Waals surface area (Å²) in [6.07, 6.45) is 3.20. The van der Waals surface area contributed by atoms with Crippen molar-refractivity contribution in [1.82, 2.24) is 0 Å². The first-order valence-electron chi connectivity index (χ1n) is 7.82. The topological polar surface area (TPSA) is 12.4 Å². The van der Waals surface area contributed by atoms with E-state index in [1.54, 1.807) is 0 Å². The van der Waals surface area contributed by atoms with E-state index in [2.05, 4.69) is 81.6 Å². The summed E-state index contributed by atoms with van der Waals surface area (Å²) >= 11 is 0. The maximum absolute atomic E-state index is 5.12. The van der Waals surface area contributed by atoms with Gasteiger partial charge in [-0.15, -0.1) is 0 Å². The van der Waals surface area contributed by atoms with Crippen LogP contribution in [-0.2, 0) is 11.0 Å². The smallest absolute Gasteiger partial charge is 0.102 e. The molecule has 1 heteroatoms. The molecule has 1 nitrogen and oxygen atoms in total. The van der Waals surface area contributed by atoms with Gasteiger partial charge in [-0.1, -0.05) is 75.4 Å². The van der Waals surface area contributed by atoms with Gasteiger partial charge in [0.25, 0.3) is 0 Å². The van der Waals surface area contributed by atoms with Crippen LogP contribution < -0.4 is 0 Å². The third kappa shape index (κ3) is 1.18. The molecule has 0 N–H and O–H groups in total. The van der Waals surface area contributed by atoms with Gasteiger partial charge in [0, 0.05) is 17.0 Å². The highest BCUT2D eigenvalue weighted by molar-refractivity contribution is 5.88. The molecule has 1 heterocycles. The molecule has 21 heavy (non-hydrogen) atoms. The van der Waals surface area contributed by atoms with Gasteiger partial charge in [-0.05, 0) is 23.1 Å². The summed E-state index contributed by atoms with van der Waals surface area (Å²) in [6.45, 7) is 7.07. The number of benzene rings is 2. The molecule has 106 valence electrons. The van der Waals surface area contributed by atoms with E-state index in [-0.39, 0.29) is 16.4 Å². The Balaban J connectivity index is 2.03. The molecule has 1 aliphatic carbocycles. The summed E-state index contributed by atoms with van der Waals surface area (Å²) in [5.41, 5.74) is 4.26. The molecule has 2 atom stereocenters. The Bertz CT molecular complexity index is 729. The average Bonchev–Trinajstić information content (AvgIpc) is 3.00. The predicted octanol–water partition coefficient (Wildman–Crippen LogP) is 4.70. The molecule has 0 amide bonds. The van der Waals surface area contributed by atoms with Crippen molar-refractivity contribution in [1.29, 1.82) is 0 Å². The first kappa shape index (κ1) is 12.8. The Morgan fingerprint density at radius 3 is 2.29 bits per heavy atom. The first-order valence-corrected chi connectivity index (χ1v) is 7.82. The average molecular weight is 275 g/mol. The van der Waals surface area contributed by atoms with Gasteiger partial charge in [-0.3, -0.25) is 4.99 Å². The lowest BCUT2D eigenvalue weighted by atomic mass is 9.80. The van der Waals surface area contributed by atoms with Crippen molar-refractivity contribution in [3.05, 3.63) is 71.3 Å². The third-order valence-corrected chi connectivity index (χ3v) is 6.07. The fourth-order valence-corrected chi connectivity index (χ4v) is 5.16. The second kappa shape index (κ2) is 3.85. The quantitative estimate of drug-likeness (QED) is 0.753. The van der Waals surface area contributed by atoms with E-state index in [9.17, 15) is 0 Å². The standard InChI is InChI=1S/C20H21N/c1-4-19-17-13-9-8-10-15(17)14-21-20(19,18(19,2)3)16-11-6-5-7-12-16/h5-14H,4H2,1-3H3/t19-,20+/m0/s1. The van der Waals surface area contributed by atoms with Crippen molar-refractivity contribution in [3.8, 4) is 0 Å². The normalized spacial score (nSPS) is 31.4. The number of fused-ring (bicyclic) bond motifs is 3. The summed E-state index contributed by atoms with van der Waals surface area (Å²) in [6, 6.07) is 19.6. The van der Waals surface area contributed by atoms with Gasteiger partial charge >= 0.3 is 0 Å². The van der Waals surface area contributed by atoms with Crippen molar-refractivity contribution in [2.45, 2.75) is 38.1 Å². The molecule has 1 aliphatic heterocycles. The fraction of sp³-hybridized carbons (Fsp3) is 0.350. The highest BCUT2D eigenvalue weighted by atomic mass is 15.1. The van der Waals surface area contributed by atoms with Crippen LogP contribution in [0.5, 0.6) is 0 Å². The molecule has 0 bridgehead atoms. The second-order valence-corrected chi connectivity index (χ2v) is 6.81. The second-order valence-electron chi connectivity index (χ2n) is 6.81. The number of hydrogen-bond acceptors (Lipinski definition) is 1. The maximum Gasteiger partial charge on any atom is 0.102 e. The first-order chi connectivity index (χ1) is 10.1. The van der Waals surface area contributed by atoms with Crippen molar-refractivity contribution >= 4 is 6.21 Å². The van der Waals surface area contributed by atoms with E-state index < -0.39 is 0 Å². The van der Waals surface area contributed by atoms with Crippen LogP contribution in [0.1, 0.15) is 43.9 Å². The van der Waals surface area contributed by atoms with E-state index >= 15 is 0 Å². The molecular formula is C20H21N. The largest absolute Gasteiger partial charge is 0.280 e. The zero-order valence-electron chi connectivity index (χ0n) is 12.9. The monoisotopic (exact) mass is 275 g/mol. The summed E-state index contributed by atoms with van der Waals surface area (Å²) in [4.78, 5) is 5.12.